The van der Waals surface area contributed by atoms with Gasteiger partial charge in [-0.25, -0.2) is 0 Å². The molecule has 0 atom stereocenters. The molecular weight excluding hydrogens is 162 g/mol. The maximum atomic E-state index is 10.2. The molecule has 1 saturated heterocycles. The molecule has 0 N–H and O–H groups in total. The van der Waals surface area contributed by atoms with Crippen molar-refractivity contribution in [2.24, 2.45) is 5.92 Å². The highest BCUT2D eigenvalue weighted by Gasteiger charge is 2.16. The van der Waals surface area contributed by atoms with Crippen LogP contribution in [-0.2, 0) is 4.79 Å². The molecule has 0 aromatic carbocycles. The minimum atomic E-state index is 0.676. The van der Waals surface area contributed by atoms with Crippen LogP contribution in [0.5, 0.6) is 0 Å². The molecular formula is C11H23NO. The van der Waals surface area contributed by atoms with E-state index in [1.165, 1.54) is 25.9 Å². The number of carbonyl (C=O) groups is 1. The maximum absolute atomic E-state index is 10.2. The first-order valence-corrected chi connectivity index (χ1v) is 5.52. The van der Waals surface area contributed by atoms with Gasteiger partial charge in [0.15, 0.2) is 0 Å². The average molecular weight is 185 g/mol. The van der Waals surface area contributed by atoms with Crippen LogP contribution in [0, 0.1) is 5.92 Å². The fourth-order valence-electron chi connectivity index (χ4n) is 1.67. The van der Waals surface area contributed by atoms with Gasteiger partial charge in [0.1, 0.15) is 6.29 Å². The summed E-state index contributed by atoms with van der Waals surface area (Å²) in [5.41, 5.74) is 0. The third-order valence-corrected chi connectivity index (χ3v) is 2.58. The van der Waals surface area contributed by atoms with E-state index < -0.39 is 0 Å². The van der Waals surface area contributed by atoms with Crippen LogP contribution in [0.3, 0.4) is 0 Å². The van der Waals surface area contributed by atoms with Gasteiger partial charge in [0.25, 0.3) is 0 Å². The molecule has 0 unspecified atom stereocenters. The van der Waals surface area contributed by atoms with E-state index in [0.717, 1.165) is 19.3 Å². The number of nitrogens with zero attached hydrogens (tertiary/aromatic N) is 1. The second-order valence-corrected chi connectivity index (χ2v) is 3.28. The van der Waals surface area contributed by atoms with E-state index in [2.05, 4.69) is 11.8 Å². The third-order valence-electron chi connectivity index (χ3n) is 2.58. The molecule has 2 nitrogen and oxygen atoms in total. The molecule has 0 bridgehead atoms. The molecule has 1 fully saturated rings. The lowest BCUT2D eigenvalue weighted by atomic mass is 9.94. The molecule has 0 radical (unpaired) electrons. The molecule has 0 aliphatic carbocycles. The van der Waals surface area contributed by atoms with Crippen molar-refractivity contribution in [1.29, 1.82) is 0 Å². The van der Waals surface area contributed by atoms with E-state index in [9.17, 15) is 4.79 Å². The summed E-state index contributed by atoms with van der Waals surface area (Å²) in [5, 5.41) is 0. The number of rotatable bonds is 3. The summed E-state index contributed by atoms with van der Waals surface area (Å²) in [4.78, 5) is 12.7. The largest absolute Gasteiger partial charge is 0.304 e. The zero-order valence-corrected chi connectivity index (χ0v) is 9.25. The summed E-state index contributed by atoms with van der Waals surface area (Å²) in [6.07, 6.45) is 4.27. The molecule has 0 saturated carbocycles. The van der Waals surface area contributed by atoms with Crippen molar-refractivity contribution < 1.29 is 4.79 Å². The summed E-state index contributed by atoms with van der Waals surface area (Å²) in [6.45, 7) is 9.73. The first-order chi connectivity index (χ1) is 6.36. The Kier molecular flexibility index (Phi) is 8.00. The molecule has 1 heterocycles. The van der Waals surface area contributed by atoms with Crippen LogP contribution in [0.2, 0.25) is 0 Å². The first-order valence-electron chi connectivity index (χ1n) is 5.52. The quantitative estimate of drug-likeness (QED) is 0.629. The fraction of sp³-hybridized carbons (Fsp3) is 0.909. The van der Waals surface area contributed by atoms with Gasteiger partial charge in [-0.1, -0.05) is 20.8 Å². The van der Waals surface area contributed by atoms with Gasteiger partial charge in [-0.2, -0.15) is 0 Å². The van der Waals surface area contributed by atoms with E-state index >= 15 is 0 Å². The predicted molar refractivity (Wildman–Crippen MR) is 56.9 cm³/mol. The molecule has 0 spiro atoms. The minimum absolute atomic E-state index is 0.676. The Hall–Kier alpha value is -0.370. The maximum Gasteiger partial charge on any atom is 0.120 e. The van der Waals surface area contributed by atoms with Crippen LogP contribution in [0.15, 0.2) is 0 Å². The SMILES string of the molecule is CC.CCN1CCC(CC=O)CC1. The number of aldehydes is 1. The molecule has 78 valence electrons. The lowest BCUT2D eigenvalue weighted by Crippen LogP contribution is -2.33. The third kappa shape index (κ3) is 5.04. The Morgan fingerprint density at radius 2 is 1.85 bits per heavy atom. The van der Waals surface area contributed by atoms with Crippen LogP contribution in [0.1, 0.15) is 40.0 Å². The zero-order chi connectivity index (χ0) is 10.1. The Bertz CT molecular complexity index is 117. The van der Waals surface area contributed by atoms with Crippen molar-refractivity contribution in [3.63, 3.8) is 0 Å². The molecule has 1 rings (SSSR count). The fourth-order valence-corrected chi connectivity index (χ4v) is 1.67. The van der Waals surface area contributed by atoms with Gasteiger partial charge in [-0.15, -0.1) is 0 Å². The Morgan fingerprint density at radius 3 is 2.23 bits per heavy atom. The van der Waals surface area contributed by atoms with E-state index in [1.54, 1.807) is 0 Å². The number of likely N-dealkylation sites (tertiary alicyclic amines) is 1. The summed E-state index contributed by atoms with van der Waals surface area (Å²) >= 11 is 0. The topological polar surface area (TPSA) is 20.3 Å². The highest BCUT2D eigenvalue weighted by Crippen LogP contribution is 2.18. The Balaban J connectivity index is 0.000000671. The highest BCUT2D eigenvalue weighted by atomic mass is 16.1. The number of hydrogen-bond donors (Lipinski definition) is 0. The van der Waals surface area contributed by atoms with Gasteiger partial charge < -0.3 is 9.69 Å². The van der Waals surface area contributed by atoms with Crippen molar-refractivity contribution in [1.82, 2.24) is 4.90 Å². The van der Waals surface area contributed by atoms with Gasteiger partial charge in [-0.3, -0.25) is 0 Å². The lowest BCUT2D eigenvalue weighted by molar-refractivity contribution is -0.108. The standard InChI is InChI=1S/C9H17NO.C2H6/c1-2-10-6-3-9(4-7-10)5-8-11;1-2/h8-9H,2-7H2,1H3;1-2H3. The highest BCUT2D eigenvalue weighted by molar-refractivity contribution is 5.49. The van der Waals surface area contributed by atoms with Crippen molar-refractivity contribution in [2.75, 3.05) is 19.6 Å². The van der Waals surface area contributed by atoms with Gasteiger partial charge in [0.05, 0.1) is 0 Å². The summed E-state index contributed by atoms with van der Waals surface area (Å²) in [5.74, 6) is 0.676. The van der Waals surface area contributed by atoms with Gasteiger partial charge in [0, 0.05) is 6.42 Å². The molecule has 0 aromatic rings. The van der Waals surface area contributed by atoms with Crippen molar-refractivity contribution in [3.05, 3.63) is 0 Å². The average Bonchev–Trinajstić information content (AvgIpc) is 2.23. The first kappa shape index (κ1) is 12.6. The molecule has 2 heteroatoms. The molecule has 0 amide bonds. The second-order valence-electron chi connectivity index (χ2n) is 3.28. The van der Waals surface area contributed by atoms with Gasteiger partial charge >= 0.3 is 0 Å². The predicted octanol–water partition coefficient (Wildman–Crippen LogP) is 2.33. The van der Waals surface area contributed by atoms with Crippen LogP contribution < -0.4 is 0 Å². The van der Waals surface area contributed by atoms with E-state index in [-0.39, 0.29) is 0 Å². The Labute approximate surface area is 82.3 Å². The zero-order valence-electron chi connectivity index (χ0n) is 9.25. The number of hydrogen-bond acceptors (Lipinski definition) is 2. The number of piperidine rings is 1. The van der Waals surface area contributed by atoms with Crippen molar-refractivity contribution >= 4 is 6.29 Å². The molecule has 13 heavy (non-hydrogen) atoms. The van der Waals surface area contributed by atoms with E-state index in [0.29, 0.717) is 5.92 Å². The lowest BCUT2D eigenvalue weighted by Gasteiger charge is -2.29. The monoisotopic (exact) mass is 185 g/mol. The van der Waals surface area contributed by atoms with E-state index in [1.807, 2.05) is 13.8 Å². The van der Waals surface area contributed by atoms with Crippen LogP contribution in [-0.4, -0.2) is 30.8 Å². The number of carbonyl (C=O) groups excluding carboxylic acids is 1. The van der Waals surface area contributed by atoms with E-state index in [4.69, 9.17) is 0 Å². The van der Waals surface area contributed by atoms with Crippen LogP contribution >= 0.6 is 0 Å². The summed E-state index contributed by atoms with van der Waals surface area (Å²) in [6, 6.07) is 0. The second kappa shape index (κ2) is 8.24. The van der Waals surface area contributed by atoms with Gasteiger partial charge in [0.2, 0.25) is 0 Å². The van der Waals surface area contributed by atoms with Crippen LogP contribution in [0.4, 0.5) is 0 Å². The minimum Gasteiger partial charge on any atom is -0.304 e. The molecule has 0 aromatic heterocycles. The smallest absolute Gasteiger partial charge is 0.120 e. The Morgan fingerprint density at radius 1 is 1.31 bits per heavy atom. The molecule has 1 aliphatic rings. The summed E-state index contributed by atoms with van der Waals surface area (Å²) in [7, 11) is 0. The van der Waals surface area contributed by atoms with Gasteiger partial charge in [-0.05, 0) is 38.4 Å². The van der Waals surface area contributed by atoms with Crippen LogP contribution in [0.25, 0.3) is 0 Å². The summed E-state index contributed by atoms with van der Waals surface area (Å²) < 4.78 is 0. The van der Waals surface area contributed by atoms with Crippen molar-refractivity contribution in [3.8, 4) is 0 Å². The normalized spacial score (nSPS) is 19.0. The van der Waals surface area contributed by atoms with Crippen molar-refractivity contribution in [2.45, 2.75) is 40.0 Å². The molecule has 1 aliphatic heterocycles.